The van der Waals surface area contributed by atoms with E-state index < -0.39 is 0 Å². The maximum atomic E-state index is 12.7. The maximum absolute atomic E-state index is 12.7. The van der Waals surface area contributed by atoms with E-state index in [9.17, 15) is 4.79 Å². The molecule has 5 nitrogen and oxygen atoms in total. The van der Waals surface area contributed by atoms with Gasteiger partial charge in [0, 0.05) is 51.0 Å². The van der Waals surface area contributed by atoms with E-state index in [1.165, 1.54) is 12.1 Å². The van der Waals surface area contributed by atoms with Crippen LogP contribution in [0.2, 0.25) is 0 Å². The predicted octanol–water partition coefficient (Wildman–Crippen LogP) is 1.76. The van der Waals surface area contributed by atoms with Crippen molar-refractivity contribution in [1.29, 1.82) is 0 Å². The molecular weight excluding hydrogens is 302 g/mol. The van der Waals surface area contributed by atoms with Crippen LogP contribution < -0.4 is 0 Å². The Morgan fingerprint density at radius 3 is 2.71 bits per heavy atom. The largest absolute Gasteiger partial charge is 0.379 e. The Labute approximate surface area is 144 Å². The molecule has 0 N–H and O–H groups in total. The highest BCUT2D eigenvalue weighted by molar-refractivity contribution is 5.83. The zero-order chi connectivity index (χ0) is 16.4. The van der Waals surface area contributed by atoms with Crippen molar-refractivity contribution in [3.05, 3.63) is 30.1 Å². The molecule has 0 radical (unpaired) electrons. The van der Waals surface area contributed by atoms with Crippen LogP contribution in [0.25, 0.3) is 0 Å². The van der Waals surface area contributed by atoms with Crippen molar-refractivity contribution >= 4 is 5.91 Å². The molecule has 2 aliphatic heterocycles. The molecule has 4 rings (SSSR count). The van der Waals surface area contributed by atoms with Crippen LogP contribution in [-0.4, -0.2) is 66.6 Å². The molecule has 1 saturated carbocycles. The lowest BCUT2D eigenvalue weighted by Crippen LogP contribution is -2.44. The van der Waals surface area contributed by atoms with Gasteiger partial charge in [0.15, 0.2) is 0 Å². The molecule has 1 amide bonds. The number of piperidine rings is 1. The minimum atomic E-state index is 0.199. The minimum absolute atomic E-state index is 0.199. The molecule has 0 spiro atoms. The lowest BCUT2D eigenvalue weighted by molar-refractivity contribution is -0.134. The van der Waals surface area contributed by atoms with Crippen LogP contribution in [0.4, 0.5) is 0 Å². The third-order valence-corrected chi connectivity index (χ3v) is 5.77. The first-order valence-electron chi connectivity index (χ1n) is 9.30. The quantitative estimate of drug-likeness (QED) is 0.844. The predicted molar refractivity (Wildman–Crippen MR) is 91.6 cm³/mol. The first kappa shape index (κ1) is 16.0. The molecule has 130 valence electrons. The second-order valence-corrected chi connectivity index (χ2v) is 7.42. The van der Waals surface area contributed by atoms with Crippen molar-refractivity contribution < 1.29 is 9.53 Å². The maximum Gasteiger partial charge on any atom is 0.226 e. The average molecular weight is 329 g/mol. The number of pyridine rings is 1. The molecule has 0 bridgehead atoms. The molecule has 3 fully saturated rings. The first-order chi connectivity index (χ1) is 11.8. The van der Waals surface area contributed by atoms with Crippen LogP contribution >= 0.6 is 0 Å². The molecule has 3 aliphatic rings. The smallest absolute Gasteiger partial charge is 0.226 e. The van der Waals surface area contributed by atoms with Crippen molar-refractivity contribution in [3.63, 3.8) is 0 Å². The Hall–Kier alpha value is -1.46. The van der Waals surface area contributed by atoms with Gasteiger partial charge in [-0.1, -0.05) is 6.07 Å². The minimum Gasteiger partial charge on any atom is -0.379 e. The molecule has 5 heteroatoms. The van der Waals surface area contributed by atoms with Gasteiger partial charge in [-0.3, -0.25) is 14.7 Å². The Morgan fingerprint density at radius 1 is 1.21 bits per heavy atom. The summed E-state index contributed by atoms with van der Waals surface area (Å²) in [4.78, 5) is 21.5. The number of aromatic nitrogens is 1. The lowest BCUT2D eigenvalue weighted by atomic mass is 9.95. The fourth-order valence-corrected chi connectivity index (χ4v) is 4.15. The van der Waals surface area contributed by atoms with Gasteiger partial charge in [-0.15, -0.1) is 0 Å². The monoisotopic (exact) mass is 329 g/mol. The van der Waals surface area contributed by atoms with Gasteiger partial charge in [0.1, 0.15) is 0 Å². The molecule has 1 aromatic heterocycles. The number of hydrogen-bond donors (Lipinski definition) is 0. The topological polar surface area (TPSA) is 45.7 Å². The molecule has 1 aromatic rings. The van der Waals surface area contributed by atoms with E-state index in [1.807, 2.05) is 12.3 Å². The lowest BCUT2D eigenvalue weighted by Gasteiger charge is -2.36. The summed E-state index contributed by atoms with van der Waals surface area (Å²) in [7, 11) is 0. The highest BCUT2D eigenvalue weighted by Crippen LogP contribution is 2.48. The van der Waals surface area contributed by atoms with Gasteiger partial charge >= 0.3 is 0 Å². The van der Waals surface area contributed by atoms with Crippen molar-refractivity contribution in [2.24, 2.45) is 11.8 Å². The summed E-state index contributed by atoms with van der Waals surface area (Å²) in [5.74, 6) is 1.71. The van der Waals surface area contributed by atoms with Gasteiger partial charge in [-0.2, -0.15) is 0 Å². The third-order valence-electron chi connectivity index (χ3n) is 5.77. The summed E-state index contributed by atoms with van der Waals surface area (Å²) in [6.07, 6.45) is 6.99. The average Bonchev–Trinajstić information content (AvgIpc) is 3.44. The van der Waals surface area contributed by atoms with Gasteiger partial charge in [-0.05, 0) is 42.7 Å². The zero-order valence-corrected chi connectivity index (χ0v) is 14.3. The molecule has 24 heavy (non-hydrogen) atoms. The molecule has 3 heterocycles. The number of ether oxygens (including phenoxy) is 1. The van der Waals surface area contributed by atoms with Gasteiger partial charge in [-0.25, -0.2) is 0 Å². The number of hydrogen-bond acceptors (Lipinski definition) is 4. The number of carbonyl (C=O) groups is 1. The highest BCUT2D eigenvalue weighted by Gasteiger charge is 2.46. The molecule has 1 aliphatic carbocycles. The number of morpholine rings is 1. The standard InChI is InChI=1S/C19H27N3O2/c23-19(18-12-17(18)16-2-1-5-20-13-16)22-6-3-15(4-7-22)14-21-8-10-24-11-9-21/h1-2,5,13,15,17-18H,3-4,6-12,14H2. The van der Waals surface area contributed by atoms with Crippen LogP contribution in [0.15, 0.2) is 24.5 Å². The molecular formula is C19H27N3O2. The summed E-state index contributed by atoms with van der Waals surface area (Å²) in [5.41, 5.74) is 1.22. The summed E-state index contributed by atoms with van der Waals surface area (Å²) >= 11 is 0. The SMILES string of the molecule is O=C(C1CC1c1cccnc1)N1CCC(CN2CCOCC2)CC1. The zero-order valence-electron chi connectivity index (χ0n) is 14.3. The fraction of sp³-hybridized carbons (Fsp3) is 0.684. The van der Waals surface area contributed by atoms with Crippen LogP contribution in [0.1, 0.15) is 30.7 Å². The van der Waals surface area contributed by atoms with Crippen LogP contribution in [-0.2, 0) is 9.53 Å². The number of carbonyl (C=O) groups excluding carboxylic acids is 1. The number of likely N-dealkylation sites (tertiary alicyclic amines) is 1. The summed E-state index contributed by atoms with van der Waals surface area (Å²) in [5, 5.41) is 0. The second kappa shape index (κ2) is 7.19. The molecule has 2 atom stereocenters. The van der Waals surface area contributed by atoms with Gasteiger partial charge in [0.2, 0.25) is 5.91 Å². The molecule has 2 unspecified atom stereocenters. The van der Waals surface area contributed by atoms with Gasteiger partial charge in [0.05, 0.1) is 13.2 Å². The Balaban J connectivity index is 1.23. The molecule has 0 aromatic carbocycles. The van der Waals surface area contributed by atoms with E-state index in [-0.39, 0.29) is 5.92 Å². The summed E-state index contributed by atoms with van der Waals surface area (Å²) in [6, 6.07) is 4.06. The third kappa shape index (κ3) is 3.62. The second-order valence-electron chi connectivity index (χ2n) is 7.42. The Morgan fingerprint density at radius 2 is 2.00 bits per heavy atom. The van der Waals surface area contributed by atoms with Crippen LogP contribution in [0.3, 0.4) is 0 Å². The van der Waals surface area contributed by atoms with E-state index in [2.05, 4.69) is 20.9 Å². The normalized spacial score (nSPS) is 28.8. The molecule has 2 saturated heterocycles. The van der Waals surface area contributed by atoms with Crippen molar-refractivity contribution in [2.45, 2.75) is 25.2 Å². The Kier molecular flexibility index (Phi) is 4.81. The van der Waals surface area contributed by atoms with E-state index in [0.717, 1.165) is 64.6 Å². The Bertz CT molecular complexity index is 551. The van der Waals surface area contributed by atoms with Crippen LogP contribution in [0, 0.1) is 11.8 Å². The highest BCUT2D eigenvalue weighted by atomic mass is 16.5. The van der Waals surface area contributed by atoms with E-state index in [1.54, 1.807) is 6.20 Å². The summed E-state index contributed by atoms with van der Waals surface area (Å²) in [6.45, 7) is 6.91. The van der Waals surface area contributed by atoms with Crippen molar-refractivity contribution in [3.8, 4) is 0 Å². The van der Waals surface area contributed by atoms with Crippen molar-refractivity contribution in [1.82, 2.24) is 14.8 Å². The van der Waals surface area contributed by atoms with Crippen molar-refractivity contribution in [2.75, 3.05) is 45.9 Å². The van der Waals surface area contributed by atoms with Gasteiger partial charge < -0.3 is 9.64 Å². The van der Waals surface area contributed by atoms with Gasteiger partial charge in [0.25, 0.3) is 0 Å². The first-order valence-corrected chi connectivity index (χ1v) is 9.30. The number of nitrogens with zero attached hydrogens (tertiary/aromatic N) is 3. The van der Waals surface area contributed by atoms with E-state index >= 15 is 0 Å². The fourth-order valence-electron chi connectivity index (χ4n) is 4.15. The van der Waals surface area contributed by atoms with E-state index in [0.29, 0.717) is 11.8 Å². The van der Waals surface area contributed by atoms with Crippen LogP contribution in [0.5, 0.6) is 0 Å². The van der Waals surface area contributed by atoms with E-state index in [4.69, 9.17) is 4.74 Å². The number of rotatable bonds is 4. The summed E-state index contributed by atoms with van der Waals surface area (Å²) < 4.78 is 5.42. The number of amides is 1.